The molecule has 0 heterocycles. The van der Waals surface area contributed by atoms with Crippen LogP contribution in [-0.4, -0.2) is 0 Å². The van der Waals surface area contributed by atoms with Gasteiger partial charge in [-0.05, 0) is 0 Å². The minimum Gasteiger partial charge on any atom is 3.00 e. The van der Waals surface area contributed by atoms with Gasteiger partial charge in [-0.25, -0.2) is 0 Å². The first-order valence-electron chi connectivity index (χ1n) is 1.64. The minimum atomic E-state index is -3.94. The van der Waals surface area contributed by atoms with Crippen LogP contribution in [0.25, 0.3) is 0 Å². The van der Waals surface area contributed by atoms with Crippen molar-refractivity contribution in [3.8, 4) is 0 Å². The molecule has 0 aliphatic carbocycles. The smallest absolute Gasteiger partial charge is 3.00 e. The molecule has 0 fully saturated rings. The van der Waals surface area contributed by atoms with Crippen molar-refractivity contribution in [1.82, 2.24) is 0 Å². The topological polar surface area (TPSA) is 172 Å². The SMILES string of the molecule is [O]=[V](=[O])[O-].[O]=[V](=[O])[O-].[O]=[V](=[O])[O-].[Y+3]. The molecule has 0 aromatic heterocycles. The Balaban J connectivity index is -0.0000000450. The van der Waals surface area contributed by atoms with Crippen molar-refractivity contribution in [3.63, 3.8) is 0 Å². The van der Waals surface area contributed by atoms with Crippen LogP contribution in [0.3, 0.4) is 0 Å². The van der Waals surface area contributed by atoms with Crippen molar-refractivity contribution in [3.05, 3.63) is 0 Å². The van der Waals surface area contributed by atoms with Crippen molar-refractivity contribution >= 4 is 0 Å². The summed E-state index contributed by atoms with van der Waals surface area (Å²) in [4.78, 5) is 0. The standard InChI is InChI=1S/9O.3V.Y/q;;;;;;3*-1;;;;+3. The Morgan fingerprint density at radius 2 is 0.538 bits per heavy atom. The van der Waals surface area contributed by atoms with Gasteiger partial charge >= 0.3 is 113 Å². The summed E-state index contributed by atoms with van der Waals surface area (Å²) >= 11 is -11.8. The zero-order chi connectivity index (χ0) is 10.7. The number of rotatable bonds is 0. The summed E-state index contributed by atoms with van der Waals surface area (Å²) in [5, 5.41) is 0. The van der Waals surface area contributed by atoms with E-state index in [0.717, 1.165) is 0 Å². The summed E-state index contributed by atoms with van der Waals surface area (Å²) in [6.45, 7) is 0. The molecule has 0 aromatic carbocycles. The number of hydrogen-bond acceptors (Lipinski definition) is 9. The van der Waals surface area contributed by atoms with Crippen molar-refractivity contribution < 1.29 is 113 Å². The van der Waals surface area contributed by atoms with Gasteiger partial charge in [-0.15, -0.1) is 0 Å². The zero-order valence-corrected chi connectivity index (χ0v) is 12.6. The van der Waals surface area contributed by atoms with Crippen LogP contribution in [0, 0.1) is 0 Å². The van der Waals surface area contributed by atoms with Crippen molar-refractivity contribution in [1.29, 1.82) is 0 Å². The monoisotopic (exact) mass is 386 g/mol. The summed E-state index contributed by atoms with van der Waals surface area (Å²) < 4.78 is 77.1. The molecule has 0 saturated heterocycles. The summed E-state index contributed by atoms with van der Waals surface area (Å²) in [6, 6.07) is 0. The molecule has 0 rings (SSSR count). The molecule has 0 aliphatic heterocycles. The van der Waals surface area contributed by atoms with Gasteiger partial charge in [-0.3, -0.25) is 0 Å². The van der Waals surface area contributed by atoms with E-state index in [0.29, 0.717) is 0 Å². The van der Waals surface area contributed by atoms with E-state index in [1.807, 2.05) is 0 Å². The van der Waals surface area contributed by atoms with Gasteiger partial charge in [0.25, 0.3) is 0 Å². The quantitative estimate of drug-likeness (QED) is 0.400. The van der Waals surface area contributed by atoms with Crippen LogP contribution in [0.5, 0.6) is 0 Å². The van der Waals surface area contributed by atoms with Gasteiger partial charge in [0.2, 0.25) is 0 Å². The van der Waals surface area contributed by atoms with Gasteiger partial charge < -0.3 is 0 Å². The summed E-state index contributed by atoms with van der Waals surface area (Å²) in [5.74, 6) is 0. The summed E-state index contributed by atoms with van der Waals surface area (Å²) in [7, 11) is 0. The van der Waals surface area contributed by atoms with Gasteiger partial charge in [-0.1, -0.05) is 0 Å². The van der Waals surface area contributed by atoms with E-state index < -0.39 is 46.2 Å². The molecule has 0 spiro atoms. The second kappa shape index (κ2) is 19.2. The van der Waals surface area contributed by atoms with E-state index in [2.05, 4.69) is 0 Å². The predicted octanol–water partition coefficient (Wildman–Crippen LogP) is -4.29. The fourth-order valence-electron chi connectivity index (χ4n) is 0. The minimum absolute atomic E-state index is 0. The average Bonchev–Trinajstić information content (AvgIpc) is 1.54. The Morgan fingerprint density at radius 3 is 0.538 bits per heavy atom. The first-order chi connectivity index (χ1) is 5.20. The fourth-order valence-corrected chi connectivity index (χ4v) is 0. The molecule has 0 bridgehead atoms. The van der Waals surface area contributed by atoms with Crippen LogP contribution >= 0.6 is 0 Å². The van der Waals surface area contributed by atoms with Crippen LogP contribution in [0.4, 0.5) is 0 Å². The molecule has 9 nitrogen and oxygen atoms in total. The molecule has 13 heteroatoms. The number of hydrogen-bond donors (Lipinski definition) is 0. The third kappa shape index (κ3) is 763. The molecule has 0 N–H and O–H groups in total. The van der Waals surface area contributed by atoms with E-state index in [-0.39, 0.29) is 32.7 Å². The molecule has 0 amide bonds. The Hall–Kier alpha value is 1.54. The van der Waals surface area contributed by atoms with E-state index in [1.54, 1.807) is 0 Å². The normalized spacial score (nSPS) is 5.77. The van der Waals surface area contributed by atoms with Crippen molar-refractivity contribution in [2.75, 3.05) is 0 Å². The molecule has 13 heavy (non-hydrogen) atoms. The van der Waals surface area contributed by atoms with E-state index in [9.17, 15) is 0 Å². The molecule has 0 aliphatic rings. The maximum Gasteiger partial charge on any atom is 3.00 e. The zero-order valence-electron chi connectivity index (χ0n) is 5.59. The maximum absolute atomic E-state index is 8.56. The average molecular weight is 386 g/mol. The first-order valence-corrected chi connectivity index (χ1v) is 6.77. The van der Waals surface area contributed by atoms with Crippen molar-refractivity contribution in [2.45, 2.75) is 0 Å². The van der Waals surface area contributed by atoms with E-state index in [1.165, 1.54) is 0 Å². The van der Waals surface area contributed by atoms with Crippen LogP contribution < -0.4 is 12.1 Å². The molecule has 0 saturated carbocycles. The molecular weight excluding hydrogens is 386 g/mol. The summed E-state index contributed by atoms with van der Waals surface area (Å²) in [6.07, 6.45) is 0. The Bertz CT molecular complexity index is 208. The summed E-state index contributed by atoms with van der Waals surface area (Å²) in [5.41, 5.74) is 0. The Kier molecular flexibility index (Phi) is 35.4. The first kappa shape index (κ1) is 24.0. The fraction of sp³-hybridized carbons (Fsp3) is 0. The van der Waals surface area contributed by atoms with Crippen molar-refractivity contribution in [2.24, 2.45) is 0 Å². The Morgan fingerprint density at radius 1 is 0.538 bits per heavy atom. The second-order valence-electron chi connectivity index (χ2n) is 0.671. The Labute approximate surface area is 111 Å². The van der Waals surface area contributed by atoms with Crippen LogP contribution in [-0.2, 0) is 101 Å². The molecule has 0 unspecified atom stereocenters. The maximum atomic E-state index is 8.56. The molecule has 0 atom stereocenters. The molecular formula is O9V3Y. The van der Waals surface area contributed by atoms with Gasteiger partial charge in [0.1, 0.15) is 0 Å². The third-order valence-corrected chi connectivity index (χ3v) is 0. The van der Waals surface area contributed by atoms with Crippen LogP contribution in [0.15, 0.2) is 0 Å². The molecule has 72 valence electrons. The second-order valence-corrected chi connectivity index (χ2v) is 2.77. The van der Waals surface area contributed by atoms with Gasteiger partial charge in [0.15, 0.2) is 0 Å². The largest absolute Gasteiger partial charge is 3.00 e. The van der Waals surface area contributed by atoms with Gasteiger partial charge in [-0.2, -0.15) is 0 Å². The molecule has 0 aromatic rings. The van der Waals surface area contributed by atoms with Crippen LogP contribution in [0.1, 0.15) is 0 Å². The van der Waals surface area contributed by atoms with Gasteiger partial charge in [0.05, 0.1) is 0 Å². The third-order valence-electron chi connectivity index (χ3n) is 0. The van der Waals surface area contributed by atoms with Crippen LogP contribution in [0.2, 0.25) is 0 Å². The molecule has 0 radical (unpaired) electrons. The van der Waals surface area contributed by atoms with E-state index >= 15 is 0 Å². The van der Waals surface area contributed by atoms with E-state index in [4.69, 9.17) is 34.1 Å². The van der Waals surface area contributed by atoms with Gasteiger partial charge in [0, 0.05) is 0 Å². The predicted molar refractivity (Wildman–Crippen MR) is 4.12 cm³/mol.